The molecule has 0 saturated heterocycles. The number of amides is 1. The van der Waals surface area contributed by atoms with Crippen molar-refractivity contribution in [2.24, 2.45) is 0 Å². The van der Waals surface area contributed by atoms with Crippen LogP contribution < -0.4 is 5.32 Å². The smallest absolute Gasteiger partial charge is 0.249 e. The van der Waals surface area contributed by atoms with Crippen LogP contribution in [0.15, 0.2) is 42.7 Å². The molecule has 120 valence electrons. The number of anilines is 1. The zero-order valence-corrected chi connectivity index (χ0v) is 14.0. The molecule has 0 fully saturated rings. The van der Waals surface area contributed by atoms with Crippen LogP contribution in [-0.2, 0) is 17.6 Å². The first kappa shape index (κ1) is 15.0. The van der Waals surface area contributed by atoms with E-state index in [-0.39, 0.29) is 5.91 Å². The van der Waals surface area contributed by atoms with Crippen molar-refractivity contribution in [1.29, 1.82) is 0 Å². The maximum atomic E-state index is 12.3. The van der Waals surface area contributed by atoms with E-state index in [0.717, 1.165) is 28.6 Å². The number of aryl methyl sites for hydroxylation is 2. The molecule has 24 heavy (non-hydrogen) atoms. The lowest BCUT2D eigenvalue weighted by Gasteiger charge is -2.11. The molecule has 0 spiro atoms. The summed E-state index contributed by atoms with van der Waals surface area (Å²) >= 11 is 1.73. The average Bonchev–Trinajstić information content (AvgIpc) is 3.00. The molecule has 4 nitrogen and oxygen atoms in total. The highest BCUT2D eigenvalue weighted by Gasteiger charge is 2.20. The summed E-state index contributed by atoms with van der Waals surface area (Å²) in [7, 11) is 0. The number of carbonyl (C=O) groups is 1. The van der Waals surface area contributed by atoms with E-state index in [1.54, 1.807) is 23.5 Å². The number of aromatic nitrogens is 2. The molecule has 1 N–H and O–H groups in total. The Labute approximate surface area is 144 Å². The van der Waals surface area contributed by atoms with E-state index in [1.807, 2.05) is 30.3 Å². The van der Waals surface area contributed by atoms with Crippen LogP contribution in [0.5, 0.6) is 0 Å². The summed E-state index contributed by atoms with van der Waals surface area (Å²) in [4.78, 5) is 23.3. The average molecular weight is 335 g/mol. The molecular formula is C19H17N3OS. The van der Waals surface area contributed by atoms with E-state index < -0.39 is 0 Å². The highest BCUT2D eigenvalue weighted by Crippen LogP contribution is 2.38. The van der Waals surface area contributed by atoms with Gasteiger partial charge in [0.15, 0.2) is 0 Å². The van der Waals surface area contributed by atoms with Crippen molar-refractivity contribution >= 4 is 39.4 Å². The Hall–Kier alpha value is -2.53. The highest BCUT2D eigenvalue weighted by molar-refractivity contribution is 7.19. The summed E-state index contributed by atoms with van der Waals surface area (Å²) in [5.41, 5.74) is 2.32. The zero-order valence-electron chi connectivity index (χ0n) is 13.2. The fourth-order valence-corrected chi connectivity index (χ4v) is 4.31. The number of hydrogen-bond donors (Lipinski definition) is 1. The lowest BCUT2D eigenvalue weighted by molar-refractivity contribution is -0.111. The Morgan fingerprint density at radius 2 is 1.96 bits per heavy atom. The van der Waals surface area contributed by atoms with Crippen LogP contribution >= 0.6 is 11.3 Å². The Bertz CT molecular complexity index is 915. The third-order valence-corrected chi connectivity index (χ3v) is 5.42. The molecule has 2 heterocycles. The van der Waals surface area contributed by atoms with Crippen LogP contribution in [0.3, 0.4) is 0 Å². The van der Waals surface area contributed by atoms with Crippen molar-refractivity contribution in [3.63, 3.8) is 0 Å². The molecule has 4 rings (SSSR count). The van der Waals surface area contributed by atoms with Crippen molar-refractivity contribution in [2.45, 2.75) is 25.7 Å². The Morgan fingerprint density at radius 3 is 2.83 bits per heavy atom. The number of thiophene rings is 1. The van der Waals surface area contributed by atoms with Crippen LogP contribution in [0.2, 0.25) is 0 Å². The van der Waals surface area contributed by atoms with Crippen molar-refractivity contribution in [1.82, 2.24) is 9.97 Å². The SMILES string of the molecule is O=C(/C=C/c1ccccc1)Nc1ncnc2sc3c(c12)CCCC3. The standard InChI is InChI=1S/C19H17N3OS/c23-16(11-10-13-6-2-1-3-7-13)22-18-17-14-8-4-5-9-15(14)24-19(17)21-12-20-18/h1-3,6-7,10-12H,4-5,8-9H2,(H,20,21,22,23)/b11-10+. The first-order chi connectivity index (χ1) is 11.8. The summed E-state index contributed by atoms with van der Waals surface area (Å²) in [5, 5.41) is 3.95. The summed E-state index contributed by atoms with van der Waals surface area (Å²) in [5.74, 6) is 0.455. The number of carbonyl (C=O) groups excluding carboxylic acids is 1. The van der Waals surface area contributed by atoms with E-state index in [4.69, 9.17) is 0 Å². The van der Waals surface area contributed by atoms with Crippen molar-refractivity contribution in [3.05, 3.63) is 58.7 Å². The predicted molar refractivity (Wildman–Crippen MR) is 98.2 cm³/mol. The fraction of sp³-hybridized carbons (Fsp3) is 0.211. The van der Waals surface area contributed by atoms with Gasteiger partial charge in [-0.25, -0.2) is 9.97 Å². The van der Waals surface area contributed by atoms with E-state index in [9.17, 15) is 4.79 Å². The second kappa shape index (κ2) is 6.53. The topological polar surface area (TPSA) is 54.9 Å². The molecule has 1 aliphatic rings. The number of nitrogens with one attached hydrogen (secondary N) is 1. The van der Waals surface area contributed by atoms with E-state index in [0.29, 0.717) is 5.82 Å². The van der Waals surface area contributed by atoms with Crippen molar-refractivity contribution in [2.75, 3.05) is 5.32 Å². The monoisotopic (exact) mass is 335 g/mol. The third-order valence-electron chi connectivity index (χ3n) is 4.22. The third kappa shape index (κ3) is 2.95. The summed E-state index contributed by atoms with van der Waals surface area (Å²) in [6, 6.07) is 9.77. The van der Waals surface area contributed by atoms with Crippen LogP contribution in [0.4, 0.5) is 5.82 Å². The Balaban J connectivity index is 1.61. The van der Waals surface area contributed by atoms with Crippen LogP contribution in [0.25, 0.3) is 16.3 Å². The Morgan fingerprint density at radius 1 is 1.12 bits per heavy atom. The van der Waals surface area contributed by atoms with E-state index in [2.05, 4.69) is 15.3 Å². The van der Waals surface area contributed by atoms with E-state index >= 15 is 0 Å². The lowest BCUT2D eigenvalue weighted by Crippen LogP contribution is -2.10. The molecular weight excluding hydrogens is 318 g/mol. The molecule has 1 aliphatic carbocycles. The minimum Gasteiger partial charge on any atom is -0.306 e. The van der Waals surface area contributed by atoms with Crippen molar-refractivity contribution in [3.8, 4) is 0 Å². The lowest BCUT2D eigenvalue weighted by atomic mass is 9.97. The van der Waals surface area contributed by atoms with Crippen LogP contribution in [-0.4, -0.2) is 15.9 Å². The van der Waals surface area contributed by atoms with Gasteiger partial charge in [0, 0.05) is 11.0 Å². The normalized spacial score (nSPS) is 14.0. The molecule has 0 unspecified atom stereocenters. The number of nitrogens with zero attached hydrogens (tertiary/aromatic N) is 2. The van der Waals surface area contributed by atoms with Gasteiger partial charge < -0.3 is 5.32 Å². The number of hydrogen-bond acceptors (Lipinski definition) is 4. The van der Waals surface area contributed by atoms with Gasteiger partial charge in [0.2, 0.25) is 5.91 Å². The second-order valence-corrected chi connectivity index (χ2v) is 6.93. The fourth-order valence-electron chi connectivity index (χ4n) is 3.08. The van der Waals surface area contributed by atoms with Crippen LogP contribution in [0.1, 0.15) is 28.8 Å². The molecule has 0 saturated carbocycles. The highest BCUT2D eigenvalue weighted by atomic mass is 32.1. The molecule has 0 bridgehead atoms. The van der Waals surface area contributed by atoms with Gasteiger partial charge in [-0.2, -0.15) is 0 Å². The van der Waals surface area contributed by atoms with Gasteiger partial charge >= 0.3 is 0 Å². The van der Waals surface area contributed by atoms with E-state index in [1.165, 1.54) is 29.6 Å². The second-order valence-electron chi connectivity index (χ2n) is 5.85. The maximum absolute atomic E-state index is 12.3. The molecule has 1 aromatic carbocycles. The summed E-state index contributed by atoms with van der Waals surface area (Å²) < 4.78 is 0. The van der Waals surface area contributed by atoms with Gasteiger partial charge in [-0.15, -0.1) is 11.3 Å². The molecule has 1 amide bonds. The molecule has 0 atom stereocenters. The molecule has 2 aromatic heterocycles. The molecule has 0 aliphatic heterocycles. The minimum atomic E-state index is -0.172. The van der Waals surface area contributed by atoms with Gasteiger partial charge in [0.25, 0.3) is 0 Å². The zero-order chi connectivity index (χ0) is 16.4. The first-order valence-corrected chi connectivity index (χ1v) is 8.92. The van der Waals surface area contributed by atoms with Gasteiger partial charge in [0.05, 0.1) is 5.39 Å². The molecule has 3 aromatic rings. The van der Waals surface area contributed by atoms with Gasteiger partial charge in [-0.1, -0.05) is 30.3 Å². The minimum absolute atomic E-state index is 0.172. The van der Waals surface area contributed by atoms with Gasteiger partial charge in [0.1, 0.15) is 17.0 Å². The van der Waals surface area contributed by atoms with Crippen molar-refractivity contribution < 1.29 is 4.79 Å². The predicted octanol–water partition coefficient (Wildman–Crippen LogP) is 4.22. The quantitative estimate of drug-likeness (QED) is 0.729. The van der Waals surface area contributed by atoms with Gasteiger partial charge in [-0.05, 0) is 42.9 Å². The number of benzene rings is 1. The Kier molecular flexibility index (Phi) is 4.09. The number of rotatable bonds is 3. The summed E-state index contributed by atoms with van der Waals surface area (Å²) in [6.45, 7) is 0. The first-order valence-electron chi connectivity index (χ1n) is 8.10. The largest absolute Gasteiger partial charge is 0.306 e. The molecule has 0 radical (unpaired) electrons. The summed E-state index contributed by atoms with van der Waals surface area (Å²) in [6.07, 6.45) is 9.45. The van der Waals surface area contributed by atoms with Gasteiger partial charge in [-0.3, -0.25) is 4.79 Å². The maximum Gasteiger partial charge on any atom is 0.249 e. The van der Waals surface area contributed by atoms with Crippen LogP contribution in [0, 0.1) is 0 Å². The number of fused-ring (bicyclic) bond motifs is 3. The molecule has 5 heteroatoms.